The van der Waals surface area contributed by atoms with E-state index in [4.69, 9.17) is 15.9 Å². The SMILES string of the molecule is C#Cc1ccccc1C(C(=O)NCCC(=O)OCC)N(CC#N)C(=O)C(CC(C)C)NC(=O)OC(C)(C)C. The highest BCUT2D eigenvalue weighted by molar-refractivity contribution is 5.92. The first-order valence-corrected chi connectivity index (χ1v) is 12.5. The molecule has 0 aromatic heterocycles. The Hall–Kier alpha value is -4.05. The molecule has 2 atom stereocenters. The smallest absolute Gasteiger partial charge is 0.408 e. The fourth-order valence-corrected chi connectivity index (χ4v) is 3.65. The molecule has 2 unspecified atom stereocenters. The van der Waals surface area contributed by atoms with Crippen molar-refractivity contribution in [3.8, 4) is 18.4 Å². The average molecular weight is 527 g/mol. The van der Waals surface area contributed by atoms with Gasteiger partial charge in [0.15, 0.2) is 0 Å². The van der Waals surface area contributed by atoms with Gasteiger partial charge in [0, 0.05) is 12.1 Å². The highest BCUT2D eigenvalue weighted by atomic mass is 16.6. The van der Waals surface area contributed by atoms with Gasteiger partial charge in [-0.3, -0.25) is 14.4 Å². The summed E-state index contributed by atoms with van der Waals surface area (Å²) in [4.78, 5) is 52.7. The van der Waals surface area contributed by atoms with Crippen LogP contribution in [0.2, 0.25) is 0 Å². The van der Waals surface area contributed by atoms with Crippen LogP contribution >= 0.6 is 0 Å². The number of alkyl carbamates (subject to hydrolysis) is 1. The lowest BCUT2D eigenvalue weighted by molar-refractivity contribution is -0.144. The van der Waals surface area contributed by atoms with Crippen molar-refractivity contribution in [2.45, 2.75) is 72.1 Å². The Labute approximate surface area is 225 Å². The minimum atomic E-state index is -1.30. The largest absolute Gasteiger partial charge is 0.466 e. The number of amides is 3. The predicted octanol–water partition coefficient (Wildman–Crippen LogP) is 3.07. The highest BCUT2D eigenvalue weighted by Gasteiger charge is 2.37. The van der Waals surface area contributed by atoms with E-state index in [2.05, 4.69) is 16.6 Å². The standard InChI is InChI=1S/C28H38N4O6/c1-8-20-12-10-11-13-21(20)24(25(34)30-16-14-23(33)37-9-2)32(17-15-29)26(35)22(18-19(3)4)31-27(36)38-28(5,6)7/h1,10-13,19,22,24H,9,14,16-18H2,2-7H3,(H,30,34)(H,31,36). The molecule has 0 aliphatic carbocycles. The van der Waals surface area contributed by atoms with Gasteiger partial charge in [-0.05, 0) is 51.7 Å². The van der Waals surface area contributed by atoms with Gasteiger partial charge < -0.3 is 25.0 Å². The number of nitriles is 1. The van der Waals surface area contributed by atoms with Crippen LogP contribution in [0.4, 0.5) is 4.79 Å². The van der Waals surface area contributed by atoms with E-state index >= 15 is 0 Å². The summed E-state index contributed by atoms with van der Waals surface area (Å²) in [5.74, 6) is 0.720. The molecule has 206 valence electrons. The molecule has 0 heterocycles. The highest BCUT2D eigenvalue weighted by Crippen LogP contribution is 2.26. The number of rotatable bonds is 12. The number of terminal acetylenes is 1. The van der Waals surface area contributed by atoms with Crippen molar-refractivity contribution in [3.05, 3.63) is 35.4 Å². The van der Waals surface area contributed by atoms with Crippen LogP contribution in [0.25, 0.3) is 0 Å². The molecule has 0 aliphatic rings. The predicted molar refractivity (Wildman–Crippen MR) is 141 cm³/mol. The Kier molecular flexibility index (Phi) is 12.8. The van der Waals surface area contributed by atoms with Crippen molar-refractivity contribution in [1.29, 1.82) is 5.26 Å². The average Bonchev–Trinajstić information content (AvgIpc) is 2.82. The Morgan fingerprint density at radius 2 is 1.82 bits per heavy atom. The number of hydrogen-bond acceptors (Lipinski definition) is 7. The zero-order chi connectivity index (χ0) is 28.9. The van der Waals surface area contributed by atoms with Crippen molar-refractivity contribution >= 4 is 23.9 Å². The summed E-state index contributed by atoms with van der Waals surface area (Å²) in [5, 5.41) is 14.8. The van der Waals surface area contributed by atoms with E-state index in [-0.39, 0.29) is 31.9 Å². The van der Waals surface area contributed by atoms with E-state index in [0.29, 0.717) is 11.1 Å². The molecular weight excluding hydrogens is 488 g/mol. The van der Waals surface area contributed by atoms with Gasteiger partial charge >= 0.3 is 12.1 Å². The molecule has 0 saturated heterocycles. The maximum Gasteiger partial charge on any atom is 0.408 e. The fraction of sp³-hybridized carbons (Fsp3) is 0.536. The number of ether oxygens (including phenoxy) is 2. The van der Waals surface area contributed by atoms with Crippen molar-refractivity contribution in [1.82, 2.24) is 15.5 Å². The monoisotopic (exact) mass is 526 g/mol. The van der Waals surface area contributed by atoms with Crippen molar-refractivity contribution in [2.24, 2.45) is 5.92 Å². The Balaban J connectivity index is 3.45. The lowest BCUT2D eigenvalue weighted by Gasteiger charge is -2.33. The minimum Gasteiger partial charge on any atom is -0.466 e. The summed E-state index contributed by atoms with van der Waals surface area (Å²) < 4.78 is 10.2. The van der Waals surface area contributed by atoms with Crippen LogP contribution in [0.3, 0.4) is 0 Å². The van der Waals surface area contributed by atoms with E-state index in [1.54, 1.807) is 52.0 Å². The Bertz CT molecular complexity index is 1060. The number of nitrogens with zero attached hydrogens (tertiary/aromatic N) is 2. The molecule has 1 aromatic carbocycles. The van der Waals surface area contributed by atoms with Gasteiger partial charge in [0.25, 0.3) is 0 Å². The van der Waals surface area contributed by atoms with E-state index < -0.39 is 48.1 Å². The van der Waals surface area contributed by atoms with E-state index in [9.17, 15) is 24.4 Å². The number of carbonyl (C=O) groups is 4. The quantitative estimate of drug-likeness (QED) is 0.242. The minimum absolute atomic E-state index is 0.0160. The molecule has 0 bridgehead atoms. The van der Waals surface area contributed by atoms with Gasteiger partial charge in [-0.1, -0.05) is 38.0 Å². The van der Waals surface area contributed by atoms with Crippen molar-refractivity contribution < 1.29 is 28.7 Å². The first kappa shape index (κ1) is 32.0. The van der Waals surface area contributed by atoms with Gasteiger partial charge in [-0.15, -0.1) is 6.42 Å². The number of carbonyl (C=O) groups excluding carboxylic acids is 4. The van der Waals surface area contributed by atoms with E-state index in [1.165, 1.54) is 0 Å². The molecule has 10 heteroatoms. The molecule has 2 N–H and O–H groups in total. The second kappa shape index (κ2) is 15.3. The van der Waals surface area contributed by atoms with Crippen LogP contribution in [0, 0.1) is 29.6 Å². The first-order valence-electron chi connectivity index (χ1n) is 12.5. The van der Waals surface area contributed by atoms with Gasteiger partial charge in [-0.25, -0.2) is 4.79 Å². The maximum atomic E-state index is 13.9. The Morgan fingerprint density at radius 1 is 1.16 bits per heavy atom. The van der Waals surface area contributed by atoms with Crippen LogP contribution in [-0.4, -0.2) is 60.1 Å². The summed E-state index contributed by atoms with van der Waals surface area (Å²) in [7, 11) is 0. The van der Waals surface area contributed by atoms with Crippen LogP contribution in [0.1, 0.15) is 71.6 Å². The van der Waals surface area contributed by atoms with Crippen LogP contribution in [0.5, 0.6) is 0 Å². The maximum absolute atomic E-state index is 13.9. The summed E-state index contributed by atoms with van der Waals surface area (Å²) in [6.45, 7) is 10.2. The molecule has 38 heavy (non-hydrogen) atoms. The molecule has 1 rings (SSSR count). The molecule has 10 nitrogen and oxygen atoms in total. The molecular formula is C28H38N4O6. The Morgan fingerprint density at radius 3 is 2.37 bits per heavy atom. The third-order valence-corrected chi connectivity index (χ3v) is 5.12. The van der Waals surface area contributed by atoms with Gasteiger partial charge in [0.05, 0.1) is 19.1 Å². The normalized spacial score (nSPS) is 12.3. The molecule has 0 aliphatic heterocycles. The second-order valence-electron chi connectivity index (χ2n) is 9.93. The molecule has 0 saturated carbocycles. The number of esters is 1. The number of nitrogens with one attached hydrogen (secondary N) is 2. The van der Waals surface area contributed by atoms with Gasteiger partial charge in [0.2, 0.25) is 11.8 Å². The molecule has 0 fully saturated rings. The zero-order valence-electron chi connectivity index (χ0n) is 23.0. The van der Waals surface area contributed by atoms with E-state index in [0.717, 1.165) is 4.90 Å². The summed E-state index contributed by atoms with van der Waals surface area (Å²) >= 11 is 0. The molecule has 1 aromatic rings. The molecule has 0 spiro atoms. The lowest BCUT2D eigenvalue weighted by atomic mass is 9.96. The van der Waals surface area contributed by atoms with Crippen molar-refractivity contribution in [2.75, 3.05) is 19.7 Å². The zero-order valence-corrected chi connectivity index (χ0v) is 23.0. The number of hydrogen-bond donors (Lipinski definition) is 2. The number of benzene rings is 1. The summed E-state index contributed by atoms with van der Waals surface area (Å²) in [6, 6.07) is 6.13. The second-order valence-corrected chi connectivity index (χ2v) is 9.93. The topological polar surface area (TPSA) is 138 Å². The first-order chi connectivity index (χ1) is 17.8. The van der Waals surface area contributed by atoms with Crippen molar-refractivity contribution in [3.63, 3.8) is 0 Å². The lowest BCUT2D eigenvalue weighted by Crippen LogP contribution is -2.53. The third kappa shape index (κ3) is 10.5. The molecule has 0 radical (unpaired) electrons. The summed E-state index contributed by atoms with van der Waals surface area (Å²) in [6.07, 6.45) is 5.03. The van der Waals surface area contributed by atoms with Gasteiger partial charge in [0.1, 0.15) is 24.2 Å². The molecule has 3 amide bonds. The third-order valence-electron chi connectivity index (χ3n) is 5.12. The fourth-order valence-electron chi connectivity index (χ4n) is 3.65. The van der Waals surface area contributed by atoms with E-state index in [1.807, 2.05) is 19.9 Å². The van der Waals surface area contributed by atoms with Gasteiger partial charge in [-0.2, -0.15) is 5.26 Å². The van der Waals surface area contributed by atoms with Crippen LogP contribution in [0.15, 0.2) is 24.3 Å². The van der Waals surface area contributed by atoms with Crippen LogP contribution < -0.4 is 10.6 Å². The van der Waals surface area contributed by atoms with Crippen LogP contribution in [-0.2, 0) is 23.9 Å². The summed E-state index contributed by atoms with van der Waals surface area (Å²) in [5.41, 5.74) is -0.114.